The minimum atomic E-state index is -0.971. The number of hydrogen-bond donors (Lipinski definition) is 2. The maximum atomic E-state index is 11.5. The average molecular weight is 511 g/mol. The summed E-state index contributed by atoms with van der Waals surface area (Å²) in [7, 11) is 0. The van der Waals surface area contributed by atoms with E-state index < -0.39 is 5.97 Å². The summed E-state index contributed by atoms with van der Waals surface area (Å²) in [4.78, 5) is 11.5. The van der Waals surface area contributed by atoms with Crippen LogP contribution in [0, 0.1) is 51.8 Å². The van der Waals surface area contributed by atoms with Gasteiger partial charge in [0.25, 0.3) is 0 Å². The number of rotatable bonds is 3. The van der Waals surface area contributed by atoms with Crippen molar-refractivity contribution in [1.29, 1.82) is 0 Å². The van der Waals surface area contributed by atoms with E-state index in [-0.39, 0.29) is 16.4 Å². The van der Waals surface area contributed by atoms with Crippen LogP contribution in [0.5, 0.6) is 0 Å². The number of carboxylic acid groups (broad SMARTS) is 1. The van der Waals surface area contributed by atoms with E-state index >= 15 is 0 Å². The molecule has 3 nitrogen and oxygen atoms in total. The van der Waals surface area contributed by atoms with Crippen molar-refractivity contribution in [2.75, 3.05) is 6.61 Å². The molecule has 0 radical (unpaired) electrons. The zero-order valence-electron chi connectivity index (χ0n) is 22.2. The number of allylic oxidation sites excluding steroid dienone is 2. The van der Waals surface area contributed by atoms with E-state index in [9.17, 15) is 15.0 Å². The topological polar surface area (TPSA) is 57.5 Å². The number of carboxylic acids is 1. The van der Waals surface area contributed by atoms with Gasteiger partial charge in [0, 0.05) is 6.61 Å². The zero-order chi connectivity index (χ0) is 25.5. The van der Waals surface area contributed by atoms with Gasteiger partial charge in [-0.05, 0) is 133 Å². The first-order valence-corrected chi connectivity index (χ1v) is 14.8. The Hall–Kier alpha value is -1.32. The molecular formula is C32H43ClO3. The van der Waals surface area contributed by atoms with Crippen LogP contribution in [0.15, 0.2) is 24.3 Å². The van der Waals surface area contributed by atoms with Crippen LogP contribution >= 0.6 is 11.6 Å². The van der Waals surface area contributed by atoms with Gasteiger partial charge < -0.3 is 10.2 Å². The van der Waals surface area contributed by atoms with Gasteiger partial charge in [0.05, 0.1) is 10.6 Å². The van der Waals surface area contributed by atoms with Gasteiger partial charge in [-0.1, -0.05) is 50.9 Å². The summed E-state index contributed by atoms with van der Waals surface area (Å²) < 4.78 is 0. The molecule has 5 aliphatic rings. The Morgan fingerprint density at radius 2 is 1.72 bits per heavy atom. The van der Waals surface area contributed by atoms with Crippen molar-refractivity contribution in [1.82, 2.24) is 0 Å². The molecular weight excluding hydrogens is 468 g/mol. The summed E-state index contributed by atoms with van der Waals surface area (Å²) in [6, 6.07) is 5.50. The second kappa shape index (κ2) is 8.60. The van der Waals surface area contributed by atoms with Gasteiger partial charge >= 0.3 is 5.97 Å². The van der Waals surface area contributed by atoms with E-state index in [1.165, 1.54) is 63.4 Å². The van der Waals surface area contributed by atoms with Crippen molar-refractivity contribution in [2.45, 2.75) is 85.0 Å². The molecule has 36 heavy (non-hydrogen) atoms. The smallest absolute Gasteiger partial charge is 0.337 e. The summed E-state index contributed by atoms with van der Waals surface area (Å²) in [5, 5.41) is 20.1. The Bertz CT molecular complexity index is 1090. The van der Waals surface area contributed by atoms with Gasteiger partial charge in [-0.2, -0.15) is 0 Å². The second-order valence-corrected chi connectivity index (χ2v) is 14.3. The van der Waals surface area contributed by atoms with Crippen LogP contribution in [0.4, 0.5) is 0 Å². The highest BCUT2D eigenvalue weighted by Gasteiger charge is 2.61. The predicted molar refractivity (Wildman–Crippen MR) is 145 cm³/mol. The lowest BCUT2D eigenvalue weighted by Crippen LogP contribution is -2.56. The van der Waals surface area contributed by atoms with Crippen LogP contribution in [0.3, 0.4) is 0 Å². The minimum absolute atomic E-state index is 0.0208. The molecule has 4 saturated carbocycles. The molecule has 4 fully saturated rings. The van der Waals surface area contributed by atoms with Gasteiger partial charge in [0.2, 0.25) is 0 Å². The molecule has 0 aliphatic heterocycles. The van der Waals surface area contributed by atoms with Crippen molar-refractivity contribution in [3.05, 3.63) is 40.4 Å². The predicted octanol–water partition coefficient (Wildman–Crippen LogP) is 8.10. The minimum Gasteiger partial charge on any atom is -0.478 e. The van der Waals surface area contributed by atoms with Gasteiger partial charge in [-0.25, -0.2) is 4.79 Å². The third-order valence-electron chi connectivity index (χ3n) is 12.5. The average Bonchev–Trinajstić information content (AvgIpc) is 3.28. The van der Waals surface area contributed by atoms with Crippen LogP contribution in [0.25, 0.3) is 5.57 Å². The maximum Gasteiger partial charge on any atom is 0.337 e. The highest BCUT2D eigenvalue weighted by Crippen LogP contribution is 2.69. The monoisotopic (exact) mass is 510 g/mol. The summed E-state index contributed by atoms with van der Waals surface area (Å²) in [5.41, 5.74) is 3.18. The molecule has 0 amide bonds. The molecule has 4 heteroatoms. The number of benzene rings is 1. The number of aliphatic hydroxyl groups excluding tert-OH is 1. The van der Waals surface area contributed by atoms with Gasteiger partial charge in [0.15, 0.2) is 0 Å². The summed E-state index contributed by atoms with van der Waals surface area (Å²) >= 11 is 6.39. The Morgan fingerprint density at radius 1 is 0.972 bits per heavy atom. The maximum absolute atomic E-state index is 11.5. The van der Waals surface area contributed by atoms with E-state index in [0.717, 1.165) is 41.6 Å². The quantitative estimate of drug-likeness (QED) is 0.431. The van der Waals surface area contributed by atoms with E-state index in [2.05, 4.69) is 26.8 Å². The fraction of sp³-hybridized carbons (Fsp3) is 0.719. The molecule has 5 aliphatic carbocycles. The van der Waals surface area contributed by atoms with Crippen molar-refractivity contribution in [2.24, 2.45) is 51.8 Å². The normalized spacial score (nSPS) is 43.0. The lowest BCUT2D eigenvalue weighted by Gasteiger charge is -2.64. The summed E-state index contributed by atoms with van der Waals surface area (Å²) in [6.45, 7) is 7.84. The molecule has 0 saturated heterocycles. The third-order valence-corrected chi connectivity index (χ3v) is 12.8. The first-order valence-electron chi connectivity index (χ1n) is 14.5. The third kappa shape index (κ3) is 3.44. The van der Waals surface area contributed by atoms with Crippen LogP contribution in [0.1, 0.15) is 101 Å². The van der Waals surface area contributed by atoms with Crippen LogP contribution < -0.4 is 0 Å². The first kappa shape index (κ1) is 25.0. The first-order chi connectivity index (χ1) is 17.1. The van der Waals surface area contributed by atoms with Crippen LogP contribution in [-0.4, -0.2) is 22.8 Å². The molecule has 1 aromatic carbocycles. The largest absolute Gasteiger partial charge is 0.478 e. The fourth-order valence-corrected chi connectivity index (χ4v) is 11.3. The van der Waals surface area contributed by atoms with E-state index in [4.69, 9.17) is 11.6 Å². The molecule has 0 bridgehead atoms. The molecule has 6 unspecified atom stereocenters. The number of aliphatic hydroxyl groups is 1. The number of aromatic carboxylic acids is 1. The highest BCUT2D eigenvalue weighted by atomic mass is 35.5. The summed E-state index contributed by atoms with van der Waals surface area (Å²) in [6.07, 6.45) is 15.4. The molecule has 0 aromatic heterocycles. The Balaban J connectivity index is 1.30. The molecule has 6 rings (SSSR count). The molecule has 8 atom stereocenters. The van der Waals surface area contributed by atoms with Gasteiger partial charge in [-0.3, -0.25) is 0 Å². The summed E-state index contributed by atoms with van der Waals surface area (Å²) in [5.74, 6) is 3.75. The van der Waals surface area contributed by atoms with Crippen LogP contribution in [-0.2, 0) is 0 Å². The molecule has 196 valence electrons. The fourth-order valence-electron chi connectivity index (χ4n) is 11.0. The van der Waals surface area contributed by atoms with Crippen molar-refractivity contribution in [3.63, 3.8) is 0 Å². The van der Waals surface area contributed by atoms with Crippen molar-refractivity contribution >= 4 is 23.1 Å². The van der Waals surface area contributed by atoms with E-state index in [1.807, 2.05) is 12.1 Å². The number of fused-ring (bicyclic) bond motifs is 7. The van der Waals surface area contributed by atoms with E-state index in [1.54, 1.807) is 6.07 Å². The number of hydrogen-bond acceptors (Lipinski definition) is 2. The molecule has 2 N–H and O–H groups in total. The standard InChI is InChI=1S/C32H43ClO3/c1-30(2)24(19-6-7-23(29(35)36)27(33)17-19)13-15-31(3)25-10-8-22-20(21(25)9-11-28(30)31)12-16-32(18-34)14-4-5-26(22)32/h6-7,13,17,20-22,25-26,28,34H,4-5,8-12,14-16,18H2,1-3H3,(H,35,36)/t20?,21?,22?,25?,26?,28?,31-,32-/m1/s1. The lowest BCUT2D eigenvalue weighted by molar-refractivity contribution is -0.134. The number of halogens is 1. The van der Waals surface area contributed by atoms with E-state index in [0.29, 0.717) is 23.0 Å². The molecule has 1 aromatic rings. The Kier molecular flexibility index (Phi) is 5.97. The second-order valence-electron chi connectivity index (χ2n) is 13.9. The van der Waals surface area contributed by atoms with Crippen LogP contribution in [0.2, 0.25) is 5.02 Å². The zero-order valence-corrected chi connectivity index (χ0v) is 23.0. The Morgan fingerprint density at radius 3 is 2.44 bits per heavy atom. The van der Waals surface area contributed by atoms with Crippen molar-refractivity contribution in [3.8, 4) is 0 Å². The number of carbonyl (C=O) groups is 1. The molecule has 0 heterocycles. The van der Waals surface area contributed by atoms with Gasteiger partial charge in [-0.15, -0.1) is 0 Å². The SMILES string of the molecule is CC1(C)C(c2ccc(C(=O)O)c(Cl)c2)=CC[C@]2(C)C3CCC4C(CC[C@@]5(CO)CCCC45)C3CCC12. The lowest BCUT2D eigenvalue weighted by atomic mass is 9.41. The van der Waals surface area contributed by atoms with Crippen molar-refractivity contribution < 1.29 is 15.0 Å². The highest BCUT2D eigenvalue weighted by molar-refractivity contribution is 6.33. The Labute approximate surface area is 221 Å². The van der Waals surface area contributed by atoms with Gasteiger partial charge in [0.1, 0.15) is 0 Å². The molecule has 0 spiro atoms.